The van der Waals surface area contributed by atoms with Crippen molar-refractivity contribution < 1.29 is 0 Å². The maximum absolute atomic E-state index is 2.64. The molecule has 134 valence electrons. The van der Waals surface area contributed by atoms with Crippen molar-refractivity contribution in [2.75, 3.05) is 13.1 Å². The molecule has 1 heteroatoms. The first kappa shape index (κ1) is 22.0. The average molecular weight is 312 g/mol. The second kappa shape index (κ2) is 13.4. The van der Waals surface area contributed by atoms with Gasteiger partial charge in [-0.15, -0.1) is 0 Å². The summed E-state index contributed by atoms with van der Waals surface area (Å²) in [5, 5.41) is 0. The lowest BCUT2D eigenvalue weighted by atomic mass is 9.77. The molecule has 0 saturated heterocycles. The van der Waals surface area contributed by atoms with Crippen molar-refractivity contribution >= 4 is 0 Å². The Hall–Kier alpha value is -0.0400. The molecule has 0 spiro atoms. The topological polar surface area (TPSA) is 3.24 Å². The minimum absolute atomic E-state index is 0.573. The Morgan fingerprint density at radius 1 is 0.727 bits per heavy atom. The maximum atomic E-state index is 2.64. The van der Waals surface area contributed by atoms with E-state index in [9.17, 15) is 0 Å². The van der Waals surface area contributed by atoms with Gasteiger partial charge in [0.2, 0.25) is 0 Å². The second-order valence-corrected chi connectivity index (χ2v) is 7.90. The third-order valence-corrected chi connectivity index (χ3v) is 5.41. The molecule has 0 aromatic rings. The SMILES string of the molecule is CCCCCCC(C)(CCCCCC)CCN(CC)C(C)C. The van der Waals surface area contributed by atoms with Crippen LogP contribution in [0.5, 0.6) is 0 Å². The van der Waals surface area contributed by atoms with Gasteiger partial charge in [0.15, 0.2) is 0 Å². The molecular weight excluding hydrogens is 266 g/mol. The van der Waals surface area contributed by atoms with Crippen molar-refractivity contribution in [1.29, 1.82) is 0 Å². The van der Waals surface area contributed by atoms with Crippen LogP contribution in [0.2, 0.25) is 0 Å². The van der Waals surface area contributed by atoms with Gasteiger partial charge in [-0.05, 0) is 51.6 Å². The monoisotopic (exact) mass is 311 g/mol. The first-order chi connectivity index (χ1) is 10.5. The zero-order valence-corrected chi connectivity index (χ0v) is 16.7. The van der Waals surface area contributed by atoms with Gasteiger partial charge in [0, 0.05) is 6.04 Å². The summed E-state index contributed by atoms with van der Waals surface area (Å²) in [6.45, 7) is 16.6. The molecule has 0 aliphatic heterocycles. The standard InChI is InChI=1S/C21H45N/c1-7-10-12-14-16-21(6,17-15-13-11-8-2)18-19-22(9-3)20(4)5/h20H,7-19H2,1-6H3. The van der Waals surface area contributed by atoms with E-state index in [0.717, 1.165) is 0 Å². The highest BCUT2D eigenvalue weighted by molar-refractivity contribution is 4.77. The predicted octanol–water partition coefficient (Wildman–Crippen LogP) is 7.05. The highest BCUT2D eigenvalue weighted by Gasteiger charge is 2.24. The minimum Gasteiger partial charge on any atom is -0.301 e. The fraction of sp³-hybridized carbons (Fsp3) is 1.00. The molecule has 0 aliphatic rings. The van der Waals surface area contributed by atoms with Crippen molar-refractivity contribution in [3.8, 4) is 0 Å². The smallest absolute Gasteiger partial charge is 0.00384 e. The first-order valence-corrected chi connectivity index (χ1v) is 10.2. The van der Waals surface area contributed by atoms with Crippen LogP contribution in [0.15, 0.2) is 0 Å². The third-order valence-electron chi connectivity index (χ3n) is 5.41. The highest BCUT2D eigenvalue weighted by atomic mass is 15.1. The minimum atomic E-state index is 0.573. The van der Waals surface area contributed by atoms with Crippen molar-refractivity contribution in [1.82, 2.24) is 4.90 Å². The summed E-state index contributed by atoms with van der Waals surface area (Å²) in [6, 6.07) is 0.689. The molecule has 0 atom stereocenters. The molecule has 1 nitrogen and oxygen atoms in total. The van der Waals surface area contributed by atoms with Crippen molar-refractivity contribution in [2.45, 2.75) is 118 Å². The summed E-state index contributed by atoms with van der Waals surface area (Å²) in [6.07, 6.45) is 15.5. The lowest BCUT2D eigenvalue weighted by molar-refractivity contribution is 0.159. The van der Waals surface area contributed by atoms with Crippen LogP contribution >= 0.6 is 0 Å². The number of nitrogens with zero attached hydrogens (tertiary/aromatic N) is 1. The van der Waals surface area contributed by atoms with Gasteiger partial charge < -0.3 is 4.90 Å². The van der Waals surface area contributed by atoms with Crippen molar-refractivity contribution in [3.63, 3.8) is 0 Å². The summed E-state index contributed by atoms with van der Waals surface area (Å²) >= 11 is 0. The Kier molecular flexibility index (Phi) is 13.4. The zero-order chi connectivity index (χ0) is 16.8. The van der Waals surface area contributed by atoms with Crippen LogP contribution in [-0.2, 0) is 0 Å². The van der Waals surface area contributed by atoms with Crippen LogP contribution in [0.25, 0.3) is 0 Å². The Bertz CT molecular complexity index is 222. The van der Waals surface area contributed by atoms with Gasteiger partial charge in [0.25, 0.3) is 0 Å². The van der Waals surface area contributed by atoms with E-state index in [1.165, 1.54) is 83.7 Å². The van der Waals surface area contributed by atoms with E-state index in [2.05, 4.69) is 46.4 Å². The lowest BCUT2D eigenvalue weighted by Gasteiger charge is -2.34. The molecule has 0 radical (unpaired) electrons. The van der Waals surface area contributed by atoms with Gasteiger partial charge in [0.05, 0.1) is 0 Å². The lowest BCUT2D eigenvalue weighted by Crippen LogP contribution is -2.34. The van der Waals surface area contributed by atoms with Crippen molar-refractivity contribution in [2.24, 2.45) is 5.41 Å². The second-order valence-electron chi connectivity index (χ2n) is 7.90. The Morgan fingerprint density at radius 3 is 1.59 bits per heavy atom. The molecular formula is C21H45N. The fourth-order valence-corrected chi connectivity index (χ4v) is 3.53. The molecule has 0 heterocycles. The summed E-state index contributed by atoms with van der Waals surface area (Å²) in [4.78, 5) is 2.64. The molecule has 22 heavy (non-hydrogen) atoms. The molecule has 0 N–H and O–H groups in total. The molecule has 0 fully saturated rings. The van der Waals surface area contributed by atoms with E-state index in [4.69, 9.17) is 0 Å². The van der Waals surface area contributed by atoms with Gasteiger partial charge in [-0.2, -0.15) is 0 Å². The fourth-order valence-electron chi connectivity index (χ4n) is 3.53. The van der Waals surface area contributed by atoms with Crippen LogP contribution < -0.4 is 0 Å². The molecule has 0 amide bonds. The zero-order valence-electron chi connectivity index (χ0n) is 16.7. The Labute approximate surface area is 142 Å². The van der Waals surface area contributed by atoms with E-state index < -0.39 is 0 Å². The van der Waals surface area contributed by atoms with Gasteiger partial charge in [-0.25, -0.2) is 0 Å². The Balaban J connectivity index is 4.34. The molecule has 0 aromatic carbocycles. The molecule has 0 aliphatic carbocycles. The van der Waals surface area contributed by atoms with Gasteiger partial charge >= 0.3 is 0 Å². The van der Waals surface area contributed by atoms with E-state index >= 15 is 0 Å². The Morgan fingerprint density at radius 2 is 1.23 bits per heavy atom. The van der Waals surface area contributed by atoms with E-state index in [0.29, 0.717) is 11.5 Å². The van der Waals surface area contributed by atoms with Crippen molar-refractivity contribution in [3.05, 3.63) is 0 Å². The number of unbranched alkanes of at least 4 members (excludes halogenated alkanes) is 6. The predicted molar refractivity (Wildman–Crippen MR) is 103 cm³/mol. The largest absolute Gasteiger partial charge is 0.301 e. The van der Waals surface area contributed by atoms with Crippen LogP contribution in [0.4, 0.5) is 0 Å². The molecule has 0 saturated carbocycles. The summed E-state index contributed by atoms with van der Waals surface area (Å²) in [5.74, 6) is 0. The van der Waals surface area contributed by atoms with Crippen LogP contribution in [0, 0.1) is 5.41 Å². The number of hydrogen-bond acceptors (Lipinski definition) is 1. The normalized spacial score (nSPS) is 12.5. The van der Waals surface area contributed by atoms with E-state index in [1.54, 1.807) is 0 Å². The van der Waals surface area contributed by atoms with Crippen LogP contribution in [0.1, 0.15) is 112 Å². The molecule has 0 aromatic heterocycles. The maximum Gasteiger partial charge on any atom is 0.00384 e. The quantitative estimate of drug-likeness (QED) is 0.293. The molecule has 0 rings (SSSR count). The van der Waals surface area contributed by atoms with Crippen LogP contribution in [-0.4, -0.2) is 24.0 Å². The van der Waals surface area contributed by atoms with Gasteiger partial charge in [-0.3, -0.25) is 0 Å². The molecule has 0 unspecified atom stereocenters. The molecule has 0 bridgehead atoms. The highest BCUT2D eigenvalue weighted by Crippen LogP contribution is 2.35. The van der Waals surface area contributed by atoms with Crippen LogP contribution in [0.3, 0.4) is 0 Å². The van der Waals surface area contributed by atoms with Gasteiger partial charge in [0.1, 0.15) is 0 Å². The number of rotatable bonds is 15. The average Bonchev–Trinajstić information content (AvgIpc) is 2.49. The summed E-state index contributed by atoms with van der Waals surface area (Å²) < 4.78 is 0. The van der Waals surface area contributed by atoms with E-state index in [1.807, 2.05) is 0 Å². The van der Waals surface area contributed by atoms with E-state index in [-0.39, 0.29) is 0 Å². The van der Waals surface area contributed by atoms with Gasteiger partial charge in [-0.1, -0.05) is 79.1 Å². The summed E-state index contributed by atoms with van der Waals surface area (Å²) in [5.41, 5.74) is 0.573. The first-order valence-electron chi connectivity index (χ1n) is 10.2. The third kappa shape index (κ3) is 10.6. The number of hydrogen-bond donors (Lipinski definition) is 0. The summed E-state index contributed by atoms with van der Waals surface area (Å²) in [7, 11) is 0.